The zero-order valence-corrected chi connectivity index (χ0v) is 7.26. The molecule has 0 rings (SSSR count). The molecule has 12 heavy (non-hydrogen) atoms. The van der Waals surface area contributed by atoms with Gasteiger partial charge in [-0.25, -0.2) is 0 Å². The molecule has 0 fully saturated rings. The highest BCUT2D eigenvalue weighted by atomic mass is 28.4. The standard InChI is InChI=1S/C4H9F3O4Si/c1-10-12(8,9)11-3-2-4(5,6)7/h8-9H,2-3H2,1H3. The summed E-state index contributed by atoms with van der Waals surface area (Å²) in [5, 5.41) is 0. The molecule has 2 N–H and O–H groups in total. The zero-order valence-electron chi connectivity index (χ0n) is 6.26. The highest BCUT2D eigenvalue weighted by Gasteiger charge is 2.36. The summed E-state index contributed by atoms with van der Waals surface area (Å²) in [5.74, 6) is 0. The van der Waals surface area contributed by atoms with Gasteiger partial charge in [-0.2, -0.15) is 13.2 Å². The topological polar surface area (TPSA) is 58.9 Å². The summed E-state index contributed by atoms with van der Waals surface area (Å²) in [5.41, 5.74) is 0. The molecule has 0 atom stereocenters. The quantitative estimate of drug-likeness (QED) is 0.637. The minimum absolute atomic E-state index is 0.809. The lowest BCUT2D eigenvalue weighted by atomic mass is 10.5. The SMILES string of the molecule is CO[Si](O)(O)OCCC(F)(F)F. The van der Waals surface area contributed by atoms with Gasteiger partial charge in [-0.3, -0.25) is 0 Å². The molecular weight excluding hydrogens is 197 g/mol. The van der Waals surface area contributed by atoms with E-state index >= 15 is 0 Å². The Morgan fingerprint density at radius 3 is 2.17 bits per heavy atom. The van der Waals surface area contributed by atoms with Crippen molar-refractivity contribution < 1.29 is 31.6 Å². The lowest BCUT2D eigenvalue weighted by Gasteiger charge is -2.14. The largest absolute Gasteiger partial charge is 0.673 e. The van der Waals surface area contributed by atoms with Crippen molar-refractivity contribution in [3.63, 3.8) is 0 Å². The van der Waals surface area contributed by atoms with Crippen molar-refractivity contribution in [1.29, 1.82) is 0 Å². The molecule has 0 heterocycles. The average molecular weight is 206 g/mol. The zero-order chi connectivity index (χ0) is 9.83. The minimum atomic E-state index is -4.36. The molecule has 0 saturated carbocycles. The number of hydrogen-bond acceptors (Lipinski definition) is 4. The Kier molecular flexibility index (Phi) is 4.13. The van der Waals surface area contributed by atoms with Gasteiger partial charge in [-0.05, 0) is 0 Å². The maximum Gasteiger partial charge on any atom is 0.673 e. The van der Waals surface area contributed by atoms with Gasteiger partial charge >= 0.3 is 15.2 Å². The van der Waals surface area contributed by atoms with E-state index in [1.54, 1.807) is 0 Å². The van der Waals surface area contributed by atoms with E-state index in [0.717, 1.165) is 7.11 Å². The van der Waals surface area contributed by atoms with Crippen molar-refractivity contribution >= 4 is 9.05 Å². The summed E-state index contributed by atoms with van der Waals surface area (Å²) >= 11 is 0. The first-order valence-corrected chi connectivity index (χ1v) is 4.68. The molecule has 0 aliphatic rings. The van der Waals surface area contributed by atoms with E-state index in [-0.39, 0.29) is 0 Å². The molecule has 4 nitrogen and oxygen atoms in total. The molecule has 74 valence electrons. The summed E-state index contributed by atoms with van der Waals surface area (Å²) in [6.45, 7) is -0.809. The highest BCUT2D eigenvalue weighted by molar-refractivity contribution is 6.50. The molecule has 0 radical (unpaired) electrons. The second-order valence-electron chi connectivity index (χ2n) is 1.97. The van der Waals surface area contributed by atoms with Gasteiger partial charge in [0.1, 0.15) is 0 Å². The summed E-state index contributed by atoms with van der Waals surface area (Å²) in [6.07, 6.45) is -5.59. The number of hydrogen-bond donors (Lipinski definition) is 2. The normalized spacial score (nSPS) is 13.5. The van der Waals surface area contributed by atoms with Crippen LogP contribution in [0.1, 0.15) is 6.42 Å². The van der Waals surface area contributed by atoms with Gasteiger partial charge in [0.25, 0.3) is 0 Å². The molecule has 0 aliphatic heterocycles. The van der Waals surface area contributed by atoms with E-state index in [1.807, 2.05) is 0 Å². The van der Waals surface area contributed by atoms with Crippen LogP contribution >= 0.6 is 0 Å². The van der Waals surface area contributed by atoms with E-state index in [9.17, 15) is 13.2 Å². The van der Waals surface area contributed by atoms with Crippen LogP contribution in [0.3, 0.4) is 0 Å². The maximum absolute atomic E-state index is 11.5. The van der Waals surface area contributed by atoms with E-state index in [4.69, 9.17) is 9.59 Å². The summed E-state index contributed by atoms with van der Waals surface area (Å²) in [6, 6.07) is 0. The van der Waals surface area contributed by atoms with Crippen LogP contribution in [-0.4, -0.2) is 38.5 Å². The summed E-state index contributed by atoms with van der Waals surface area (Å²) < 4.78 is 42.5. The van der Waals surface area contributed by atoms with Crippen LogP contribution in [0.25, 0.3) is 0 Å². The fourth-order valence-corrected chi connectivity index (χ4v) is 0.844. The fraction of sp³-hybridized carbons (Fsp3) is 1.00. The van der Waals surface area contributed by atoms with Gasteiger partial charge in [0, 0.05) is 13.7 Å². The number of alkyl halides is 3. The molecule has 0 amide bonds. The second kappa shape index (κ2) is 4.19. The van der Waals surface area contributed by atoms with Crippen molar-refractivity contribution in [2.75, 3.05) is 13.7 Å². The third-order valence-electron chi connectivity index (χ3n) is 0.942. The first-order chi connectivity index (χ1) is 5.27. The van der Waals surface area contributed by atoms with Crippen LogP contribution in [0, 0.1) is 0 Å². The predicted octanol–water partition coefficient (Wildman–Crippen LogP) is 0.0220. The molecule has 0 aromatic heterocycles. The summed E-state index contributed by atoms with van der Waals surface area (Å²) in [4.78, 5) is 17.2. The van der Waals surface area contributed by atoms with Gasteiger partial charge in [-0.15, -0.1) is 0 Å². The molecule has 0 spiro atoms. The highest BCUT2D eigenvalue weighted by Crippen LogP contribution is 2.19. The van der Waals surface area contributed by atoms with Crippen molar-refractivity contribution in [3.05, 3.63) is 0 Å². The molecule has 0 bridgehead atoms. The smallest absolute Gasteiger partial charge is 0.367 e. The van der Waals surface area contributed by atoms with Gasteiger partial charge < -0.3 is 18.4 Å². The van der Waals surface area contributed by atoms with Crippen LogP contribution in [0.4, 0.5) is 13.2 Å². The van der Waals surface area contributed by atoms with E-state index in [2.05, 4.69) is 8.85 Å². The van der Waals surface area contributed by atoms with Crippen LogP contribution in [-0.2, 0) is 8.85 Å². The average Bonchev–Trinajstić information content (AvgIpc) is 1.84. The van der Waals surface area contributed by atoms with Crippen LogP contribution < -0.4 is 0 Å². The molecular formula is C4H9F3O4Si. The van der Waals surface area contributed by atoms with Gasteiger partial charge in [0.05, 0.1) is 6.42 Å². The van der Waals surface area contributed by atoms with Crippen molar-refractivity contribution in [1.82, 2.24) is 0 Å². The Morgan fingerprint density at radius 1 is 1.33 bits per heavy atom. The van der Waals surface area contributed by atoms with Crippen molar-refractivity contribution in [2.45, 2.75) is 12.6 Å². The van der Waals surface area contributed by atoms with E-state index in [0.29, 0.717) is 0 Å². The van der Waals surface area contributed by atoms with Crippen molar-refractivity contribution in [3.8, 4) is 0 Å². The molecule has 0 aliphatic carbocycles. The Bertz CT molecular complexity index is 137. The molecule has 0 unspecified atom stereocenters. The minimum Gasteiger partial charge on any atom is -0.367 e. The molecule has 0 aromatic carbocycles. The lowest BCUT2D eigenvalue weighted by Crippen LogP contribution is -2.42. The Morgan fingerprint density at radius 2 is 1.83 bits per heavy atom. The Labute approximate surface area is 68.0 Å². The third-order valence-corrected chi connectivity index (χ3v) is 2.05. The van der Waals surface area contributed by atoms with Crippen molar-refractivity contribution in [2.24, 2.45) is 0 Å². The third kappa shape index (κ3) is 6.55. The predicted molar refractivity (Wildman–Crippen MR) is 33.8 cm³/mol. The maximum atomic E-state index is 11.5. The monoisotopic (exact) mass is 206 g/mol. The van der Waals surface area contributed by atoms with Crippen LogP contribution in [0.2, 0.25) is 0 Å². The number of halogens is 3. The Hall–Kier alpha value is -0.153. The lowest BCUT2D eigenvalue weighted by molar-refractivity contribution is -0.143. The second-order valence-corrected chi connectivity index (χ2v) is 3.76. The molecule has 8 heteroatoms. The van der Waals surface area contributed by atoms with E-state index < -0.39 is 28.3 Å². The molecule has 0 aromatic rings. The number of rotatable bonds is 4. The van der Waals surface area contributed by atoms with Crippen LogP contribution in [0.15, 0.2) is 0 Å². The van der Waals surface area contributed by atoms with E-state index in [1.165, 1.54) is 0 Å². The first-order valence-electron chi connectivity index (χ1n) is 2.97. The van der Waals surface area contributed by atoms with Crippen LogP contribution in [0.5, 0.6) is 0 Å². The summed E-state index contributed by atoms with van der Waals surface area (Å²) in [7, 11) is -3.33. The fourth-order valence-electron chi connectivity index (χ4n) is 0.359. The van der Waals surface area contributed by atoms with Gasteiger partial charge in [-0.1, -0.05) is 0 Å². The van der Waals surface area contributed by atoms with Gasteiger partial charge in [0.2, 0.25) is 0 Å². The molecule has 0 saturated heterocycles. The first kappa shape index (κ1) is 11.8. The van der Waals surface area contributed by atoms with Gasteiger partial charge in [0.15, 0.2) is 0 Å². The Balaban J connectivity index is 3.57.